The van der Waals surface area contributed by atoms with Crippen LogP contribution in [0.15, 0.2) is 66.7 Å². The van der Waals surface area contributed by atoms with Gasteiger partial charge in [-0.2, -0.15) is 0 Å². The summed E-state index contributed by atoms with van der Waals surface area (Å²) in [7, 11) is 0. The minimum Gasteiger partial charge on any atom is -0.493 e. The van der Waals surface area contributed by atoms with E-state index in [0.29, 0.717) is 29.6 Å². The Morgan fingerprint density at radius 2 is 1.53 bits per heavy atom. The lowest BCUT2D eigenvalue weighted by atomic mass is 10.1. The Kier molecular flexibility index (Phi) is 7.27. The second kappa shape index (κ2) is 10.3. The summed E-state index contributed by atoms with van der Waals surface area (Å²) in [5, 5.41) is 1.95. The largest absolute Gasteiger partial charge is 0.493 e. The van der Waals surface area contributed by atoms with Crippen molar-refractivity contribution >= 4 is 22.6 Å². The predicted molar refractivity (Wildman–Crippen MR) is 116 cm³/mol. The van der Waals surface area contributed by atoms with Crippen molar-refractivity contribution in [2.75, 3.05) is 13.2 Å². The monoisotopic (exact) mass is 406 g/mol. The van der Waals surface area contributed by atoms with Gasteiger partial charge < -0.3 is 9.47 Å². The summed E-state index contributed by atoms with van der Waals surface area (Å²) in [4.78, 5) is 24.6. The van der Waals surface area contributed by atoms with Gasteiger partial charge in [0.25, 0.3) is 11.8 Å². The number of hydrogen-bond donors (Lipinski definition) is 2. The number of carbonyl (C=O) groups excluding carboxylic acids is 2. The molecule has 0 fully saturated rings. The van der Waals surface area contributed by atoms with Crippen LogP contribution < -0.4 is 20.3 Å². The first kappa shape index (κ1) is 21.2. The van der Waals surface area contributed by atoms with Crippen molar-refractivity contribution in [1.82, 2.24) is 10.9 Å². The zero-order valence-electron chi connectivity index (χ0n) is 17.2. The topological polar surface area (TPSA) is 76.7 Å². The van der Waals surface area contributed by atoms with E-state index in [2.05, 4.69) is 24.7 Å². The molecule has 0 aliphatic carbocycles. The molecule has 0 atom stereocenters. The van der Waals surface area contributed by atoms with Gasteiger partial charge in [-0.15, -0.1) is 0 Å². The van der Waals surface area contributed by atoms with Gasteiger partial charge >= 0.3 is 0 Å². The molecular formula is C24H26N2O4. The summed E-state index contributed by atoms with van der Waals surface area (Å²) in [6.45, 7) is 4.52. The average Bonchev–Trinajstić information content (AvgIpc) is 2.76. The minimum absolute atomic E-state index is 0.221. The van der Waals surface area contributed by atoms with E-state index in [1.807, 2.05) is 36.4 Å². The van der Waals surface area contributed by atoms with Crippen molar-refractivity contribution in [2.24, 2.45) is 5.92 Å². The molecule has 3 rings (SSSR count). The summed E-state index contributed by atoms with van der Waals surface area (Å²) in [6.07, 6.45) is 0.887. The minimum atomic E-state index is -0.463. The predicted octanol–water partition coefficient (Wildman–Crippen LogP) is 4.10. The highest BCUT2D eigenvalue weighted by Crippen LogP contribution is 2.25. The number of para-hydroxylation sites is 1. The molecule has 3 aromatic rings. The molecular weight excluding hydrogens is 380 g/mol. The third-order valence-corrected chi connectivity index (χ3v) is 4.51. The van der Waals surface area contributed by atoms with E-state index in [1.54, 1.807) is 30.3 Å². The van der Waals surface area contributed by atoms with Gasteiger partial charge in [-0.25, -0.2) is 0 Å². The van der Waals surface area contributed by atoms with E-state index >= 15 is 0 Å². The molecule has 6 heteroatoms. The fourth-order valence-corrected chi connectivity index (χ4v) is 2.88. The molecule has 0 saturated carbocycles. The SMILES string of the molecule is CC(C)CCOc1ccccc1C(=O)NNC(=O)COc1cccc2ccccc12. The number of hydrogen-bond acceptors (Lipinski definition) is 4. The maximum Gasteiger partial charge on any atom is 0.276 e. The van der Waals surface area contributed by atoms with Gasteiger partial charge in [0.05, 0.1) is 12.2 Å². The summed E-state index contributed by atoms with van der Waals surface area (Å²) >= 11 is 0. The highest BCUT2D eigenvalue weighted by atomic mass is 16.5. The fraction of sp³-hybridized carbons (Fsp3) is 0.250. The van der Waals surface area contributed by atoms with E-state index in [-0.39, 0.29) is 6.61 Å². The van der Waals surface area contributed by atoms with Crippen molar-refractivity contribution in [3.63, 3.8) is 0 Å². The fourth-order valence-electron chi connectivity index (χ4n) is 2.88. The number of amides is 2. The third-order valence-electron chi connectivity index (χ3n) is 4.51. The molecule has 0 aliphatic heterocycles. The molecule has 0 aliphatic rings. The molecule has 2 N–H and O–H groups in total. The molecule has 156 valence electrons. The highest BCUT2D eigenvalue weighted by Gasteiger charge is 2.13. The van der Waals surface area contributed by atoms with Crippen molar-refractivity contribution in [3.8, 4) is 11.5 Å². The molecule has 0 unspecified atom stereocenters. The van der Waals surface area contributed by atoms with Crippen molar-refractivity contribution < 1.29 is 19.1 Å². The normalized spacial score (nSPS) is 10.6. The Morgan fingerprint density at radius 3 is 2.37 bits per heavy atom. The Morgan fingerprint density at radius 1 is 0.833 bits per heavy atom. The van der Waals surface area contributed by atoms with Crippen LogP contribution in [0.2, 0.25) is 0 Å². The second-order valence-electron chi connectivity index (χ2n) is 7.30. The quantitative estimate of drug-likeness (QED) is 0.552. The molecule has 0 bridgehead atoms. The van der Waals surface area contributed by atoms with E-state index < -0.39 is 11.8 Å². The zero-order chi connectivity index (χ0) is 21.3. The third kappa shape index (κ3) is 5.73. The number of ether oxygens (including phenoxy) is 2. The summed E-state index contributed by atoms with van der Waals surface area (Å²) in [5.41, 5.74) is 5.15. The van der Waals surface area contributed by atoms with E-state index in [9.17, 15) is 9.59 Å². The van der Waals surface area contributed by atoms with Crippen molar-refractivity contribution in [2.45, 2.75) is 20.3 Å². The number of hydrazine groups is 1. The van der Waals surface area contributed by atoms with Crippen LogP contribution in [0.5, 0.6) is 11.5 Å². The van der Waals surface area contributed by atoms with E-state index in [1.165, 1.54) is 0 Å². The van der Waals surface area contributed by atoms with Gasteiger partial charge in [0.2, 0.25) is 0 Å². The summed E-state index contributed by atoms with van der Waals surface area (Å²) < 4.78 is 11.4. The van der Waals surface area contributed by atoms with Gasteiger partial charge in [0.1, 0.15) is 11.5 Å². The average molecular weight is 406 g/mol. The molecule has 6 nitrogen and oxygen atoms in total. The molecule has 3 aromatic carbocycles. The van der Waals surface area contributed by atoms with Gasteiger partial charge in [-0.05, 0) is 35.9 Å². The van der Waals surface area contributed by atoms with Gasteiger partial charge in [0.15, 0.2) is 6.61 Å². The Balaban J connectivity index is 1.53. The van der Waals surface area contributed by atoms with Crippen LogP contribution >= 0.6 is 0 Å². The zero-order valence-corrected chi connectivity index (χ0v) is 17.2. The van der Waals surface area contributed by atoms with Crippen LogP contribution in [-0.2, 0) is 4.79 Å². The molecule has 2 amide bonds. The number of benzene rings is 3. The van der Waals surface area contributed by atoms with Crippen molar-refractivity contribution in [1.29, 1.82) is 0 Å². The Bertz CT molecular complexity index is 1010. The second-order valence-corrected chi connectivity index (χ2v) is 7.30. The number of carbonyl (C=O) groups is 2. The molecule has 0 heterocycles. The standard InChI is InChI=1S/C24H26N2O4/c1-17(2)14-15-29-22-12-6-5-11-20(22)24(28)26-25-23(27)16-30-21-13-7-9-18-8-3-4-10-19(18)21/h3-13,17H,14-16H2,1-2H3,(H,25,27)(H,26,28). The number of fused-ring (bicyclic) bond motifs is 1. The molecule has 30 heavy (non-hydrogen) atoms. The van der Waals surface area contributed by atoms with Gasteiger partial charge in [-0.3, -0.25) is 20.4 Å². The van der Waals surface area contributed by atoms with Crippen molar-refractivity contribution in [3.05, 3.63) is 72.3 Å². The van der Waals surface area contributed by atoms with Gasteiger partial charge in [0, 0.05) is 5.39 Å². The molecule has 0 saturated heterocycles. The smallest absolute Gasteiger partial charge is 0.276 e. The Hall–Kier alpha value is -3.54. The van der Waals surface area contributed by atoms with Crippen LogP contribution in [0.4, 0.5) is 0 Å². The first-order valence-corrected chi connectivity index (χ1v) is 9.96. The van der Waals surface area contributed by atoms with Crippen LogP contribution in [0.3, 0.4) is 0 Å². The van der Waals surface area contributed by atoms with Crippen LogP contribution in [0.1, 0.15) is 30.6 Å². The lowest BCUT2D eigenvalue weighted by molar-refractivity contribution is -0.123. The van der Waals surface area contributed by atoms with E-state index in [0.717, 1.165) is 17.2 Å². The lowest BCUT2D eigenvalue weighted by Gasteiger charge is -2.13. The maximum absolute atomic E-state index is 12.5. The van der Waals surface area contributed by atoms with Crippen LogP contribution in [0.25, 0.3) is 10.8 Å². The van der Waals surface area contributed by atoms with Gasteiger partial charge in [-0.1, -0.05) is 62.4 Å². The molecule has 0 spiro atoms. The van der Waals surface area contributed by atoms with E-state index in [4.69, 9.17) is 9.47 Å². The number of nitrogens with one attached hydrogen (secondary N) is 2. The van der Waals surface area contributed by atoms with Crippen LogP contribution in [0, 0.1) is 5.92 Å². The molecule has 0 aromatic heterocycles. The first-order chi connectivity index (χ1) is 14.5. The molecule has 0 radical (unpaired) electrons. The van der Waals surface area contributed by atoms with Crippen LogP contribution in [-0.4, -0.2) is 25.0 Å². The maximum atomic E-state index is 12.5. The summed E-state index contributed by atoms with van der Waals surface area (Å²) in [5.74, 6) is 0.686. The lowest BCUT2D eigenvalue weighted by Crippen LogP contribution is -2.43. The highest BCUT2D eigenvalue weighted by molar-refractivity contribution is 5.98. The first-order valence-electron chi connectivity index (χ1n) is 9.96. The number of rotatable bonds is 8. The Labute approximate surface area is 176 Å². The summed E-state index contributed by atoms with van der Waals surface area (Å²) in [6, 6.07) is 20.3.